The van der Waals surface area contributed by atoms with Gasteiger partial charge in [-0.05, 0) is 25.0 Å². The summed E-state index contributed by atoms with van der Waals surface area (Å²) >= 11 is 12.1. The van der Waals surface area contributed by atoms with Crippen molar-refractivity contribution in [2.24, 2.45) is 0 Å². The van der Waals surface area contributed by atoms with Crippen molar-refractivity contribution in [3.63, 3.8) is 0 Å². The van der Waals surface area contributed by atoms with Gasteiger partial charge < -0.3 is 10.5 Å². The highest BCUT2D eigenvalue weighted by Crippen LogP contribution is 2.38. The molecule has 0 bridgehead atoms. The van der Waals surface area contributed by atoms with Gasteiger partial charge >= 0.3 is 0 Å². The van der Waals surface area contributed by atoms with E-state index in [-0.39, 0.29) is 23.2 Å². The molecule has 0 spiro atoms. The smallest absolute Gasteiger partial charge is 0.267 e. The highest BCUT2D eigenvalue weighted by molar-refractivity contribution is 6.37. The van der Waals surface area contributed by atoms with Crippen LogP contribution in [0.25, 0.3) is 0 Å². The van der Waals surface area contributed by atoms with E-state index in [9.17, 15) is 4.79 Å². The van der Waals surface area contributed by atoms with Crippen LogP contribution in [0.5, 0.6) is 11.6 Å². The van der Waals surface area contributed by atoms with E-state index in [0.29, 0.717) is 15.7 Å². The lowest BCUT2D eigenvalue weighted by Gasteiger charge is -2.10. The van der Waals surface area contributed by atoms with Gasteiger partial charge in [0.15, 0.2) is 5.75 Å². The molecule has 0 radical (unpaired) electrons. The number of halogens is 2. The van der Waals surface area contributed by atoms with Gasteiger partial charge in [-0.1, -0.05) is 23.2 Å². The number of nitrogens with zero attached hydrogens (tertiary/aromatic N) is 2. The number of nitrogens with two attached hydrogens (primary N) is 1. The maximum Gasteiger partial charge on any atom is 0.267 e. The molecule has 0 atom stereocenters. The van der Waals surface area contributed by atoms with Crippen molar-refractivity contribution in [2.45, 2.75) is 18.9 Å². The zero-order chi connectivity index (χ0) is 14.3. The number of benzene rings is 1. The second-order valence-electron chi connectivity index (χ2n) is 4.60. The molecule has 1 fully saturated rings. The van der Waals surface area contributed by atoms with E-state index in [0.717, 1.165) is 12.8 Å². The van der Waals surface area contributed by atoms with Crippen LogP contribution in [0.15, 0.2) is 29.1 Å². The van der Waals surface area contributed by atoms with Crippen LogP contribution in [-0.4, -0.2) is 9.78 Å². The Morgan fingerprint density at radius 2 is 1.90 bits per heavy atom. The molecule has 2 aromatic rings. The van der Waals surface area contributed by atoms with Gasteiger partial charge in [0.25, 0.3) is 5.56 Å². The van der Waals surface area contributed by atoms with Gasteiger partial charge in [-0.3, -0.25) is 4.79 Å². The lowest BCUT2D eigenvalue weighted by atomic mass is 10.3. The molecule has 20 heavy (non-hydrogen) atoms. The summed E-state index contributed by atoms with van der Waals surface area (Å²) in [4.78, 5) is 11.7. The van der Waals surface area contributed by atoms with E-state index >= 15 is 0 Å². The first kappa shape index (κ1) is 13.3. The van der Waals surface area contributed by atoms with Gasteiger partial charge in [-0.2, -0.15) is 0 Å². The van der Waals surface area contributed by atoms with Crippen molar-refractivity contribution in [3.05, 3.63) is 44.7 Å². The summed E-state index contributed by atoms with van der Waals surface area (Å²) in [6.07, 6.45) is 1.92. The van der Waals surface area contributed by atoms with E-state index < -0.39 is 0 Å². The summed E-state index contributed by atoms with van der Waals surface area (Å²) in [5, 5.41) is 4.75. The second-order valence-corrected chi connectivity index (χ2v) is 5.42. The largest absolute Gasteiger partial charge is 0.434 e. The molecule has 1 aliphatic carbocycles. The fraction of sp³-hybridized carbons (Fsp3) is 0.231. The maximum absolute atomic E-state index is 11.7. The van der Waals surface area contributed by atoms with Crippen molar-refractivity contribution >= 4 is 28.9 Å². The third-order valence-electron chi connectivity index (χ3n) is 2.92. The Hall–Kier alpha value is -1.72. The van der Waals surface area contributed by atoms with Crippen LogP contribution in [0, 0.1) is 0 Å². The van der Waals surface area contributed by atoms with Crippen LogP contribution < -0.4 is 16.0 Å². The van der Waals surface area contributed by atoms with Crippen LogP contribution in [0.2, 0.25) is 10.0 Å². The molecule has 0 unspecified atom stereocenters. The topological polar surface area (TPSA) is 70.1 Å². The lowest BCUT2D eigenvalue weighted by molar-refractivity contribution is 0.430. The fourth-order valence-electron chi connectivity index (χ4n) is 1.82. The third-order valence-corrected chi connectivity index (χ3v) is 3.48. The fourth-order valence-corrected chi connectivity index (χ4v) is 2.41. The molecule has 104 valence electrons. The Bertz CT molecular complexity index is 703. The molecule has 0 amide bonds. The number of ether oxygens (including phenoxy) is 1. The molecule has 1 aromatic carbocycles. The summed E-state index contributed by atoms with van der Waals surface area (Å²) in [5.41, 5.74) is 5.93. The summed E-state index contributed by atoms with van der Waals surface area (Å²) in [5.74, 6) is 0.543. The summed E-state index contributed by atoms with van der Waals surface area (Å²) in [6, 6.07) is 6.16. The van der Waals surface area contributed by atoms with Crippen LogP contribution in [-0.2, 0) is 0 Å². The molecule has 1 aromatic heterocycles. The molecule has 1 heterocycles. The first-order valence-corrected chi connectivity index (χ1v) is 6.82. The first-order chi connectivity index (χ1) is 9.54. The van der Waals surface area contributed by atoms with Crippen molar-refractivity contribution in [2.75, 3.05) is 5.73 Å². The van der Waals surface area contributed by atoms with Gasteiger partial charge in [-0.25, -0.2) is 4.68 Å². The average molecular weight is 312 g/mol. The highest BCUT2D eigenvalue weighted by atomic mass is 35.5. The van der Waals surface area contributed by atoms with E-state index in [2.05, 4.69) is 5.10 Å². The predicted molar refractivity (Wildman–Crippen MR) is 77.7 cm³/mol. The second kappa shape index (κ2) is 5.00. The van der Waals surface area contributed by atoms with E-state index in [4.69, 9.17) is 33.7 Å². The van der Waals surface area contributed by atoms with Gasteiger partial charge in [0.1, 0.15) is 0 Å². The Kier molecular flexibility index (Phi) is 3.31. The number of aromatic nitrogens is 2. The van der Waals surface area contributed by atoms with Crippen molar-refractivity contribution in [3.8, 4) is 11.6 Å². The standard InChI is InChI=1S/C13H11Cl2N3O2/c14-9-5-7(16)6-10(15)13(9)20-11-3-4-12(19)18(17-11)8-1-2-8/h3-6,8H,1-2,16H2. The maximum atomic E-state index is 11.7. The Balaban J connectivity index is 1.95. The molecule has 5 nitrogen and oxygen atoms in total. The van der Waals surface area contributed by atoms with E-state index in [1.807, 2.05) is 0 Å². The van der Waals surface area contributed by atoms with E-state index in [1.165, 1.54) is 16.8 Å². The quantitative estimate of drug-likeness (QED) is 0.883. The zero-order valence-corrected chi connectivity index (χ0v) is 11.9. The third kappa shape index (κ3) is 2.59. The van der Waals surface area contributed by atoms with Gasteiger partial charge in [0, 0.05) is 17.8 Å². The number of hydrogen-bond donors (Lipinski definition) is 1. The number of rotatable bonds is 3. The molecule has 1 saturated carbocycles. The minimum atomic E-state index is -0.144. The minimum Gasteiger partial charge on any atom is -0.434 e. The van der Waals surface area contributed by atoms with Crippen LogP contribution in [0.3, 0.4) is 0 Å². The monoisotopic (exact) mass is 311 g/mol. The number of hydrogen-bond acceptors (Lipinski definition) is 4. The normalized spacial score (nSPS) is 14.3. The van der Waals surface area contributed by atoms with Gasteiger partial charge in [0.2, 0.25) is 5.88 Å². The van der Waals surface area contributed by atoms with Gasteiger partial charge in [0.05, 0.1) is 16.1 Å². The summed E-state index contributed by atoms with van der Waals surface area (Å²) in [6.45, 7) is 0. The predicted octanol–water partition coefficient (Wildman–Crippen LogP) is 3.26. The average Bonchev–Trinajstić information content (AvgIpc) is 3.19. The lowest BCUT2D eigenvalue weighted by Crippen LogP contribution is -2.20. The number of anilines is 1. The van der Waals surface area contributed by atoms with Gasteiger partial charge in [-0.15, -0.1) is 5.10 Å². The molecule has 1 aliphatic rings. The van der Waals surface area contributed by atoms with Crippen LogP contribution in [0.4, 0.5) is 5.69 Å². The first-order valence-electron chi connectivity index (χ1n) is 6.07. The van der Waals surface area contributed by atoms with Crippen molar-refractivity contribution in [1.29, 1.82) is 0 Å². The van der Waals surface area contributed by atoms with Crippen LogP contribution >= 0.6 is 23.2 Å². The highest BCUT2D eigenvalue weighted by Gasteiger charge is 2.26. The minimum absolute atomic E-state index is 0.144. The molecule has 0 saturated heterocycles. The molecule has 3 rings (SSSR count). The Morgan fingerprint density at radius 1 is 1.25 bits per heavy atom. The summed E-state index contributed by atoms with van der Waals surface area (Å²) < 4.78 is 7.00. The van der Waals surface area contributed by atoms with Crippen LogP contribution in [0.1, 0.15) is 18.9 Å². The summed E-state index contributed by atoms with van der Waals surface area (Å²) in [7, 11) is 0. The number of nitrogen functional groups attached to an aromatic ring is 1. The molecule has 2 N–H and O–H groups in total. The molecular formula is C13H11Cl2N3O2. The Labute approximate surface area is 124 Å². The SMILES string of the molecule is Nc1cc(Cl)c(Oc2ccc(=O)n(C3CC3)n2)c(Cl)c1. The van der Waals surface area contributed by atoms with Crippen molar-refractivity contribution < 1.29 is 4.74 Å². The zero-order valence-electron chi connectivity index (χ0n) is 10.3. The van der Waals surface area contributed by atoms with E-state index in [1.54, 1.807) is 12.1 Å². The Morgan fingerprint density at radius 3 is 2.50 bits per heavy atom. The molecule has 7 heteroatoms. The van der Waals surface area contributed by atoms with Crippen molar-refractivity contribution in [1.82, 2.24) is 9.78 Å². The molecular weight excluding hydrogens is 301 g/mol. The molecule has 0 aliphatic heterocycles.